The van der Waals surface area contributed by atoms with Crippen molar-refractivity contribution in [3.63, 3.8) is 0 Å². The minimum Gasteiger partial charge on any atom is -0.444 e. The third-order valence-electron chi connectivity index (χ3n) is 4.28. The van der Waals surface area contributed by atoms with Crippen molar-refractivity contribution in [2.45, 2.75) is 46.3 Å². The first-order valence-electron chi connectivity index (χ1n) is 8.65. The number of aryl methyl sites for hydroxylation is 1. The minimum atomic E-state index is -0.529. The molecule has 6 heteroatoms. The van der Waals surface area contributed by atoms with E-state index < -0.39 is 5.60 Å². The van der Waals surface area contributed by atoms with Gasteiger partial charge in [0.15, 0.2) is 5.78 Å². The number of fused-ring (bicyclic) bond motifs is 1. The average Bonchev–Trinajstić information content (AvgIpc) is 2.88. The number of nitrogens with zero attached hydrogens (tertiary/aromatic N) is 1. The molecule has 1 aromatic heterocycles. The topological polar surface area (TPSA) is 72.6 Å². The number of rotatable bonds is 2. The van der Waals surface area contributed by atoms with E-state index in [0.29, 0.717) is 35.6 Å². The van der Waals surface area contributed by atoms with Crippen LogP contribution in [-0.2, 0) is 17.7 Å². The van der Waals surface area contributed by atoms with Crippen molar-refractivity contribution in [3.8, 4) is 0 Å². The standard InChI is InChI=1S/C20H24N2O3S/c1-12-5-7-13(8-6-12)17(23)16-14-9-10-22(11-15(14)26-18(16)21)19(24)25-20(2,3)4/h5-8H,9-11,21H2,1-4H3. The number of carbonyl (C=O) groups excluding carboxylic acids is 2. The maximum absolute atomic E-state index is 12.9. The predicted molar refractivity (Wildman–Crippen MR) is 104 cm³/mol. The van der Waals surface area contributed by atoms with E-state index in [0.717, 1.165) is 16.0 Å². The summed E-state index contributed by atoms with van der Waals surface area (Å²) in [5, 5.41) is 0.520. The lowest BCUT2D eigenvalue weighted by molar-refractivity contribution is 0.0226. The molecule has 0 aliphatic carbocycles. The Morgan fingerprint density at radius 1 is 1.19 bits per heavy atom. The SMILES string of the molecule is Cc1ccc(C(=O)c2c(N)sc3c2CCN(C(=O)OC(C)(C)C)C3)cc1. The van der Waals surface area contributed by atoms with Crippen LogP contribution in [0.4, 0.5) is 9.80 Å². The van der Waals surface area contributed by atoms with E-state index in [4.69, 9.17) is 10.5 Å². The number of benzene rings is 1. The fourth-order valence-corrected chi connectivity index (χ4v) is 4.14. The quantitative estimate of drug-likeness (QED) is 0.803. The van der Waals surface area contributed by atoms with E-state index in [9.17, 15) is 9.59 Å². The second-order valence-corrected chi connectivity index (χ2v) is 8.73. The molecule has 1 aromatic carbocycles. The average molecular weight is 372 g/mol. The van der Waals surface area contributed by atoms with Gasteiger partial charge < -0.3 is 15.4 Å². The number of nitrogens with two attached hydrogens (primary N) is 1. The maximum Gasteiger partial charge on any atom is 0.410 e. The number of thiophene rings is 1. The van der Waals surface area contributed by atoms with Crippen molar-refractivity contribution in [2.24, 2.45) is 0 Å². The Morgan fingerprint density at radius 2 is 1.85 bits per heavy atom. The van der Waals surface area contributed by atoms with Crippen molar-refractivity contribution in [3.05, 3.63) is 51.4 Å². The van der Waals surface area contributed by atoms with E-state index in [1.165, 1.54) is 11.3 Å². The molecule has 0 saturated carbocycles. The van der Waals surface area contributed by atoms with Crippen LogP contribution >= 0.6 is 11.3 Å². The normalized spacial score (nSPS) is 14.1. The molecule has 0 saturated heterocycles. The summed E-state index contributed by atoms with van der Waals surface area (Å²) >= 11 is 1.39. The molecule has 0 bridgehead atoms. The summed E-state index contributed by atoms with van der Waals surface area (Å²) in [6, 6.07) is 7.51. The van der Waals surface area contributed by atoms with E-state index in [1.54, 1.807) is 4.90 Å². The van der Waals surface area contributed by atoms with Gasteiger partial charge in [-0.15, -0.1) is 11.3 Å². The van der Waals surface area contributed by atoms with Gasteiger partial charge >= 0.3 is 6.09 Å². The van der Waals surface area contributed by atoms with Crippen molar-refractivity contribution < 1.29 is 14.3 Å². The summed E-state index contributed by atoms with van der Waals surface area (Å²) in [6.07, 6.45) is 0.274. The summed E-state index contributed by atoms with van der Waals surface area (Å²) in [7, 11) is 0. The van der Waals surface area contributed by atoms with Crippen molar-refractivity contribution in [1.82, 2.24) is 4.90 Å². The molecule has 3 rings (SSSR count). The Labute approximate surface area is 157 Å². The summed E-state index contributed by atoms with van der Waals surface area (Å²) in [5.41, 5.74) is 8.95. The Hall–Kier alpha value is -2.34. The lowest BCUT2D eigenvalue weighted by atomic mass is 9.96. The number of carbonyl (C=O) groups is 2. The van der Waals surface area contributed by atoms with Gasteiger partial charge in [-0.25, -0.2) is 4.79 Å². The fraction of sp³-hybridized carbons (Fsp3) is 0.400. The number of nitrogen functional groups attached to an aromatic ring is 1. The summed E-state index contributed by atoms with van der Waals surface area (Å²) in [5.74, 6) is -0.0503. The van der Waals surface area contributed by atoms with E-state index in [1.807, 2.05) is 52.0 Å². The molecule has 2 N–H and O–H groups in total. The van der Waals surface area contributed by atoms with Gasteiger partial charge in [-0.1, -0.05) is 29.8 Å². The van der Waals surface area contributed by atoms with Gasteiger partial charge in [-0.3, -0.25) is 4.79 Å². The highest BCUT2D eigenvalue weighted by molar-refractivity contribution is 7.16. The minimum absolute atomic E-state index is 0.0503. The second kappa shape index (κ2) is 6.76. The zero-order valence-corrected chi connectivity index (χ0v) is 16.4. The highest BCUT2D eigenvalue weighted by Gasteiger charge is 2.31. The lowest BCUT2D eigenvalue weighted by Crippen LogP contribution is -2.39. The molecular weight excluding hydrogens is 348 g/mol. The highest BCUT2D eigenvalue weighted by atomic mass is 32.1. The fourth-order valence-electron chi connectivity index (χ4n) is 3.01. The van der Waals surface area contributed by atoms with Gasteiger partial charge in [0.1, 0.15) is 5.60 Å². The number of hydrogen-bond acceptors (Lipinski definition) is 5. The molecule has 0 spiro atoms. The molecule has 1 aliphatic heterocycles. The maximum atomic E-state index is 12.9. The lowest BCUT2D eigenvalue weighted by Gasteiger charge is -2.30. The van der Waals surface area contributed by atoms with Crippen LogP contribution in [0, 0.1) is 6.92 Å². The zero-order chi connectivity index (χ0) is 19.1. The number of amides is 1. The smallest absolute Gasteiger partial charge is 0.410 e. The molecular formula is C20H24N2O3S. The Kier molecular flexibility index (Phi) is 4.80. The molecule has 26 heavy (non-hydrogen) atoms. The Bertz CT molecular complexity index is 847. The summed E-state index contributed by atoms with van der Waals surface area (Å²) < 4.78 is 5.45. The molecule has 0 radical (unpaired) electrons. The molecule has 0 fully saturated rings. The highest BCUT2D eigenvalue weighted by Crippen LogP contribution is 2.36. The van der Waals surface area contributed by atoms with Crippen LogP contribution in [0.15, 0.2) is 24.3 Å². The Balaban J connectivity index is 1.84. The van der Waals surface area contributed by atoms with Crippen LogP contribution in [0.1, 0.15) is 52.7 Å². The molecule has 1 aliphatic rings. The van der Waals surface area contributed by atoms with Crippen LogP contribution in [-0.4, -0.2) is 28.9 Å². The van der Waals surface area contributed by atoms with Crippen molar-refractivity contribution in [1.29, 1.82) is 0 Å². The van der Waals surface area contributed by atoms with Crippen LogP contribution < -0.4 is 5.73 Å². The molecule has 2 heterocycles. The van der Waals surface area contributed by atoms with Gasteiger partial charge in [-0.05, 0) is 39.7 Å². The number of anilines is 1. The second-order valence-electron chi connectivity index (χ2n) is 7.59. The Morgan fingerprint density at radius 3 is 2.46 bits per heavy atom. The van der Waals surface area contributed by atoms with E-state index >= 15 is 0 Å². The van der Waals surface area contributed by atoms with Gasteiger partial charge in [0.25, 0.3) is 0 Å². The molecule has 0 unspecified atom stereocenters. The third kappa shape index (κ3) is 3.75. The van der Waals surface area contributed by atoms with E-state index in [-0.39, 0.29) is 11.9 Å². The first-order valence-corrected chi connectivity index (χ1v) is 9.46. The summed E-state index contributed by atoms with van der Waals surface area (Å²) in [6.45, 7) is 8.48. The predicted octanol–water partition coefficient (Wildman–Crippen LogP) is 4.16. The first-order chi connectivity index (χ1) is 12.2. The third-order valence-corrected chi connectivity index (χ3v) is 5.32. The number of hydrogen-bond donors (Lipinski definition) is 1. The largest absolute Gasteiger partial charge is 0.444 e. The molecule has 138 valence electrons. The molecule has 1 amide bonds. The number of ketones is 1. The molecule has 0 atom stereocenters. The monoisotopic (exact) mass is 372 g/mol. The van der Waals surface area contributed by atoms with Crippen LogP contribution in [0.25, 0.3) is 0 Å². The van der Waals surface area contributed by atoms with Crippen LogP contribution in [0.3, 0.4) is 0 Å². The molecule has 5 nitrogen and oxygen atoms in total. The zero-order valence-electron chi connectivity index (χ0n) is 15.6. The van der Waals surface area contributed by atoms with Gasteiger partial charge in [0, 0.05) is 17.0 Å². The van der Waals surface area contributed by atoms with Crippen LogP contribution in [0.2, 0.25) is 0 Å². The van der Waals surface area contributed by atoms with E-state index in [2.05, 4.69) is 0 Å². The van der Waals surface area contributed by atoms with Gasteiger partial charge in [0.05, 0.1) is 17.1 Å². The van der Waals surface area contributed by atoms with Crippen molar-refractivity contribution in [2.75, 3.05) is 12.3 Å². The van der Waals surface area contributed by atoms with Gasteiger partial charge in [-0.2, -0.15) is 0 Å². The molecule has 2 aromatic rings. The van der Waals surface area contributed by atoms with Crippen LogP contribution in [0.5, 0.6) is 0 Å². The number of ether oxygens (including phenoxy) is 1. The first kappa shape index (κ1) is 18.5. The summed E-state index contributed by atoms with van der Waals surface area (Å²) in [4.78, 5) is 27.9. The van der Waals surface area contributed by atoms with Crippen molar-refractivity contribution >= 4 is 28.2 Å². The van der Waals surface area contributed by atoms with Gasteiger partial charge in [0.2, 0.25) is 0 Å².